The highest BCUT2D eigenvalue weighted by molar-refractivity contribution is 5.66. The molecule has 1 unspecified atom stereocenters. The van der Waals surface area contributed by atoms with Crippen LogP contribution in [0.25, 0.3) is 0 Å². The molecule has 0 bridgehead atoms. The lowest BCUT2D eigenvalue weighted by Crippen LogP contribution is -2.16. The lowest BCUT2D eigenvalue weighted by molar-refractivity contribution is 0.651. The molecule has 20 heavy (non-hydrogen) atoms. The van der Waals surface area contributed by atoms with Crippen molar-refractivity contribution in [2.45, 2.75) is 13.0 Å². The summed E-state index contributed by atoms with van der Waals surface area (Å²) < 4.78 is 0. The van der Waals surface area contributed by atoms with Gasteiger partial charge in [0.05, 0.1) is 11.3 Å². The summed E-state index contributed by atoms with van der Waals surface area (Å²) in [5, 5.41) is 12.4. The molecule has 1 atom stereocenters. The van der Waals surface area contributed by atoms with E-state index in [2.05, 4.69) is 23.3 Å². The highest BCUT2D eigenvalue weighted by Crippen LogP contribution is 2.26. The van der Waals surface area contributed by atoms with Gasteiger partial charge in [-0.25, -0.2) is 4.98 Å². The van der Waals surface area contributed by atoms with Crippen LogP contribution in [0.2, 0.25) is 0 Å². The van der Waals surface area contributed by atoms with Crippen LogP contribution < -0.4 is 10.2 Å². The molecule has 1 N–H and O–H groups in total. The van der Waals surface area contributed by atoms with Crippen molar-refractivity contribution in [3.63, 3.8) is 0 Å². The fourth-order valence-corrected chi connectivity index (χ4v) is 2.04. The molecule has 1 heterocycles. The van der Waals surface area contributed by atoms with Crippen molar-refractivity contribution in [3.8, 4) is 6.07 Å². The molecule has 102 valence electrons. The molecule has 4 nitrogen and oxygen atoms in total. The number of nitrogens with zero attached hydrogens (tertiary/aromatic N) is 3. The Morgan fingerprint density at radius 2 is 2.05 bits per heavy atom. The molecule has 0 radical (unpaired) electrons. The van der Waals surface area contributed by atoms with Gasteiger partial charge in [0.15, 0.2) is 0 Å². The Labute approximate surface area is 119 Å². The smallest absolute Gasteiger partial charge is 0.133 e. The highest BCUT2D eigenvalue weighted by atomic mass is 15.2. The maximum Gasteiger partial charge on any atom is 0.133 e. The van der Waals surface area contributed by atoms with Crippen LogP contribution in [0.1, 0.15) is 24.1 Å². The number of anilines is 2. The van der Waals surface area contributed by atoms with E-state index in [4.69, 9.17) is 0 Å². The van der Waals surface area contributed by atoms with Gasteiger partial charge in [0.2, 0.25) is 0 Å². The maximum absolute atomic E-state index is 9.19. The summed E-state index contributed by atoms with van der Waals surface area (Å²) in [5.74, 6) is 0.826. The van der Waals surface area contributed by atoms with Gasteiger partial charge >= 0.3 is 0 Å². The Kier molecular flexibility index (Phi) is 4.34. The summed E-state index contributed by atoms with van der Waals surface area (Å²) in [7, 11) is 3.85. The van der Waals surface area contributed by atoms with Crippen LogP contribution in [0.15, 0.2) is 42.6 Å². The third kappa shape index (κ3) is 2.79. The van der Waals surface area contributed by atoms with Crippen molar-refractivity contribution < 1.29 is 0 Å². The van der Waals surface area contributed by atoms with E-state index in [1.165, 1.54) is 5.56 Å². The van der Waals surface area contributed by atoms with Crippen molar-refractivity contribution in [3.05, 3.63) is 53.7 Å². The third-order valence-corrected chi connectivity index (χ3v) is 3.43. The van der Waals surface area contributed by atoms with Gasteiger partial charge in [-0.3, -0.25) is 0 Å². The van der Waals surface area contributed by atoms with Crippen LogP contribution in [-0.2, 0) is 0 Å². The van der Waals surface area contributed by atoms with Gasteiger partial charge in [0.25, 0.3) is 0 Å². The van der Waals surface area contributed by atoms with Crippen LogP contribution in [0.4, 0.5) is 11.5 Å². The van der Waals surface area contributed by atoms with E-state index < -0.39 is 0 Å². The Hall–Kier alpha value is -2.38. The average Bonchev–Trinajstić information content (AvgIpc) is 2.53. The molecule has 1 aromatic heterocycles. The minimum absolute atomic E-state index is 0.261. The van der Waals surface area contributed by atoms with Crippen molar-refractivity contribution in [1.82, 2.24) is 10.3 Å². The Morgan fingerprint density at radius 3 is 2.75 bits per heavy atom. The van der Waals surface area contributed by atoms with Crippen LogP contribution in [0, 0.1) is 11.3 Å². The summed E-state index contributed by atoms with van der Waals surface area (Å²) in [6, 6.07) is 14.0. The van der Waals surface area contributed by atoms with Gasteiger partial charge in [-0.2, -0.15) is 5.26 Å². The van der Waals surface area contributed by atoms with E-state index in [0.717, 1.165) is 11.5 Å². The Morgan fingerprint density at radius 1 is 1.30 bits per heavy atom. The molecule has 0 spiro atoms. The molecule has 0 saturated carbocycles. The van der Waals surface area contributed by atoms with Gasteiger partial charge in [-0.15, -0.1) is 0 Å². The van der Waals surface area contributed by atoms with Gasteiger partial charge in [-0.05, 0) is 43.8 Å². The SMILES string of the molecule is CNC(C)c1ccnc(N(C)c2ccccc2C#N)c1. The topological polar surface area (TPSA) is 52.0 Å². The molecular formula is C16H18N4. The number of aromatic nitrogens is 1. The fourth-order valence-electron chi connectivity index (χ4n) is 2.04. The number of hydrogen-bond donors (Lipinski definition) is 1. The lowest BCUT2D eigenvalue weighted by atomic mass is 10.1. The first kappa shape index (κ1) is 14.0. The normalized spacial score (nSPS) is 11.7. The first-order chi connectivity index (χ1) is 9.67. The molecule has 0 fully saturated rings. The molecule has 2 rings (SSSR count). The standard InChI is InChI=1S/C16H18N4/c1-12(18-2)13-8-9-19-16(10-13)20(3)15-7-5-4-6-14(15)11-17/h4-10,12,18H,1-3H3. The van der Waals surface area contributed by atoms with Crippen LogP contribution in [-0.4, -0.2) is 19.1 Å². The van der Waals surface area contributed by atoms with Crippen molar-refractivity contribution in [1.29, 1.82) is 5.26 Å². The summed E-state index contributed by atoms with van der Waals surface area (Å²) >= 11 is 0. The second-order valence-corrected chi connectivity index (χ2v) is 4.65. The second kappa shape index (κ2) is 6.18. The minimum atomic E-state index is 0.261. The molecule has 4 heteroatoms. The summed E-state index contributed by atoms with van der Waals surface area (Å²) in [4.78, 5) is 6.33. The van der Waals surface area contributed by atoms with Gasteiger partial charge in [0, 0.05) is 19.3 Å². The number of hydrogen-bond acceptors (Lipinski definition) is 4. The largest absolute Gasteiger partial charge is 0.328 e. The Bertz CT molecular complexity index is 630. The number of nitriles is 1. The fraction of sp³-hybridized carbons (Fsp3) is 0.250. The number of pyridine rings is 1. The molecule has 0 amide bonds. The number of nitrogens with one attached hydrogen (secondary N) is 1. The molecule has 0 saturated heterocycles. The van der Waals surface area contributed by atoms with Crippen molar-refractivity contribution in [2.24, 2.45) is 0 Å². The van der Waals surface area contributed by atoms with E-state index in [1.807, 2.05) is 55.4 Å². The van der Waals surface area contributed by atoms with E-state index in [9.17, 15) is 5.26 Å². The molecular weight excluding hydrogens is 248 g/mol. The highest BCUT2D eigenvalue weighted by Gasteiger charge is 2.11. The van der Waals surface area contributed by atoms with E-state index >= 15 is 0 Å². The number of benzene rings is 1. The van der Waals surface area contributed by atoms with Crippen LogP contribution in [0.5, 0.6) is 0 Å². The Balaban J connectivity index is 2.39. The monoisotopic (exact) mass is 266 g/mol. The van der Waals surface area contributed by atoms with Crippen LogP contribution >= 0.6 is 0 Å². The molecule has 0 aliphatic carbocycles. The van der Waals surface area contributed by atoms with Gasteiger partial charge in [-0.1, -0.05) is 12.1 Å². The van der Waals surface area contributed by atoms with Crippen LogP contribution in [0.3, 0.4) is 0 Å². The zero-order chi connectivity index (χ0) is 14.5. The molecule has 0 aliphatic rings. The molecule has 1 aromatic carbocycles. The third-order valence-electron chi connectivity index (χ3n) is 3.43. The summed E-state index contributed by atoms with van der Waals surface area (Å²) in [6.07, 6.45) is 1.80. The summed E-state index contributed by atoms with van der Waals surface area (Å²) in [5.41, 5.74) is 2.67. The predicted molar refractivity (Wildman–Crippen MR) is 80.9 cm³/mol. The zero-order valence-corrected chi connectivity index (χ0v) is 12.0. The number of para-hydroxylation sites is 1. The predicted octanol–water partition coefficient (Wildman–Crippen LogP) is 3.00. The van der Waals surface area contributed by atoms with E-state index in [-0.39, 0.29) is 6.04 Å². The maximum atomic E-state index is 9.19. The first-order valence-electron chi connectivity index (χ1n) is 6.53. The second-order valence-electron chi connectivity index (χ2n) is 4.65. The van der Waals surface area contributed by atoms with Crippen molar-refractivity contribution in [2.75, 3.05) is 19.0 Å². The molecule has 2 aromatic rings. The zero-order valence-electron chi connectivity index (χ0n) is 12.0. The quantitative estimate of drug-likeness (QED) is 0.924. The van der Waals surface area contributed by atoms with Gasteiger partial charge < -0.3 is 10.2 Å². The van der Waals surface area contributed by atoms with Gasteiger partial charge in [0.1, 0.15) is 11.9 Å². The minimum Gasteiger partial charge on any atom is -0.328 e. The average molecular weight is 266 g/mol. The lowest BCUT2D eigenvalue weighted by Gasteiger charge is -2.21. The summed E-state index contributed by atoms with van der Waals surface area (Å²) in [6.45, 7) is 2.10. The number of rotatable bonds is 4. The van der Waals surface area contributed by atoms with E-state index in [1.54, 1.807) is 6.20 Å². The van der Waals surface area contributed by atoms with Crippen molar-refractivity contribution >= 4 is 11.5 Å². The molecule has 0 aliphatic heterocycles. The van der Waals surface area contributed by atoms with E-state index in [0.29, 0.717) is 5.56 Å². The first-order valence-corrected chi connectivity index (χ1v) is 6.53.